The Morgan fingerprint density at radius 3 is 2.08 bits per heavy atom. The Hall–Kier alpha value is -0.670. The Bertz CT molecular complexity index is 324. The van der Waals surface area contributed by atoms with Crippen molar-refractivity contribution in [2.24, 2.45) is 0 Å². The van der Waals surface area contributed by atoms with E-state index in [-0.39, 0.29) is 0 Å². The van der Waals surface area contributed by atoms with Gasteiger partial charge >= 0.3 is 0 Å². The van der Waals surface area contributed by atoms with Crippen molar-refractivity contribution in [3.05, 3.63) is 30.3 Å². The number of hydrogen-bond acceptors (Lipinski definition) is 2. The molecule has 1 rings (SSSR count). The van der Waals surface area contributed by atoms with Gasteiger partial charge in [0, 0.05) is 12.5 Å². The topological polar surface area (TPSA) is 26.3 Å². The molecule has 1 aromatic carbocycles. The second-order valence-electron chi connectivity index (χ2n) is 3.20. The van der Waals surface area contributed by atoms with E-state index in [1.807, 2.05) is 30.3 Å². The van der Waals surface area contributed by atoms with Gasteiger partial charge in [-0.15, -0.1) is 0 Å². The van der Waals surface area contributed by atoms with Crippen LogP contribution in [0.2, 0.25) is 0 Å². The zero-order valence-corrected chi connectivity index (χ0v) is 8.43. The van der Waals surface area contributed by atoms with E-state index in [0.717, 1.165) is 4.90 Å². The van der Waals surface area contributed by atoms with Crippen molar-refractivity contribution in [1.29, 1.82) is 0 Å². The lowest BCUT2D eigenvalue weighted by Gasteiger charge is -2.38. The number of benzene rings is 1. The van der Waals surface area contributed by atoms with Crippen LogP contribution in [0, 0.1) is 0 Å². The van der Waals surface area contributed by atoms with Gasteiger partial charge in [-0.3, -0.25) is 4.18 Å². The highest BCUT2D eigenvalue weighted by Gasteiger charge is 2.19. The molecule has 12 heavy (non-hydrogen) atoms. The van der Waals surface area contributed by atoms with E-state index in [9.17, 15) is 4.21 Å². The Kier molecular flexibility index (Phi) is 2.10. The van der Waals surface area contributed by atoms with Gasteiger partial charge in [0.25, 0.3) is 0 Å². The van der Waals surface area contributed by atoms with E-state index < -0.39 is 9.35 Å². The molecule has 1 aromatic rings. The second-order valence-corrected chi connectivity index (χ2v) is 7.44. The van der Waals surface area contributed by atoms with E-state index >= 15 is 0 Å². The zero-order chi connectivity index (χ0) is 9.27. The zero-order valence-electron chi connectivity index (χ0n) is 7.61. The minimum atomic E-state index is -3.02. The highest BCUT2D eigenvalue weighted by molar-refractivity contribution is 8.14. The summed E-state index contributed by atoms with van der Waals surface area (Å²) in [6.45, 7) is 0. The lowest BCUT2D eigenvalue weighted by atomic mass is 10.4. The van der Waals surface area contributed by atoms with Crippen LogP contribution in [0.25, 0.3) is 0 Å². The molecule has 0 bridgehead atoms. The van der Waals surface area contributed by atoms with E-state index in [0.29, 0.717) is 0 Å². The molecule has 0 aliphatic carbocycles. The summed E-state index contributed by atoms with van der Waals surface area (Å²) in [4.78, 5) is 0.747. The summed E-state index contributed by atoms with van der Waals surface area (Å²) in [5.41, 5.74) is 0. The molecule has 0 spiro atoms. The van der Waals surface area contributed by atoms with Crippen LogP contribution in [0.1, 0.15) is 0 Å². The first-order valence-corrected chi connectivity index (χ1v) is 6.38. The summed E-state index contributed by atoms with van der Waals surface area (Å²) >= 11 is 0. The molecule has 0 aromatic heterocycles. The molecule has 68 valence electrons. The summed E-state index contributed by atoms with van der Waals surface area (Å²) in [6, 6.07) is 9.24. The molecule has 0 atom stereocenters. The highest BCUT2D eigenvalue weighted by Crippen LogP contribution is 2.29. The van der Waals surface area contributed by atoms with Crippen molar-refractivity contribution in [1.82, 2.24) is 0 Å². The van der Waals surface area contributed by atoms with Gasteiger partial charge in [-0.2, -0.15) is 9.35 Å². The summed E-state index contributed by atoms with van der Waals surface area (Å²) in [5, 5.41) is 0. The van der Waals surface area contributed by atoms with Crippen LogP contribution >= 0.6 is 0 Å². The standard InChI is InChI=1S/C9H14O2S/c1-11-12(2,3,10)9-7-5-4-6-8-9/h4-8H,1-3H3. The lowest BCUT2D eigenvalue weighted by Crippen LogP contribution is -2.31. The monoisotopic (exact) mass is 186 g/mol. The summed E-state index contributed by atoms with van der Waals surface area (Å²) in [7, 11) is -1.55. The van der Waals surface area contributed by atoms with E-state index in [1.165, 1.54) is 7.11 Å². The largest absolute Gasteiger partial charge is 0.287 e. The van der Waals surface area contributed by atoms with E-state index in [2.05, 4.69) is 0 Å². The average molecular weight is 186 g/mol. The normalized spacial score (nSPS) is 15.1. The van der Waals surface area contributed by atoms with Crippen molar-refractivity contribution >= 4 is 9.35 Å². The molecule has 0 radical (unpaired) electrons. The van der Waals surface area contributed by atoms with Crippen LogP contribution in [0.15, 0.2) is 35.2 Å². The minimum Gasteiger partial charge on any atom is -0.287 e. The first-order valence-electron chi connectivity index (χ1n) is 3.67. The molecular weight excluding hydrogens is 172 g/mol. The quantitative estimate of drug-likeness (QED) is 0.702. The van der Waals surface area contributed by atoms with E-state index in [1.54, 1.807) is 12.5 Å². The summed E-state index contributed by atoms with van der Waals surface area (Å²) < 4.78 is 17.2. The molecule has 0 unspecified atom stereocenters. The minimum absolute atomic E-state index is 0.747. The Morgan fingerprint density at radius 1 is 1.17 bits per heavy atom. The Balaban J connectivity index is 3.24. The van der Waals surface area contributed by atoms with Crippen molar-refractivity contribution in [3.8, 4) is 0 Å². The molecule has 3 heteroatoms. The van der Waals surface area contributed by atoms with Gasteiger partial charge in [0.15, 0.2) is 0 Å². The molecule has 0 fully saturated rings. The second kappa shape index (κ2) is 2.68. The maximum Gasteiger partial charge on any atom is 0.0602 e. The predicted molar refractivity (Wildman–Crippen MR) is 51.7 cm³/mol. The van der Waals surface area contributed by atoms with Crippen molar-refractivity contribution in [2.45, 2.75) is 4.90 Å². The number of hydrogen-bond donors (Lipinski definition) is 0. The van der Waals surface area contributed by atoms with Crippen molar-refractivity contribution in [2.75, 3.05) is 19.6 Å². The molecule has 0 aliphatic heterocycles. The van der Waals surface area contributed by atoms with Crippen LogP contribution in [0.4, 0.5) is 0 Å². The first kappa shape index (κ1) is 9.42. The third kappa shape index (κ3) is 1.73. The van der Waals surface area contributed by atoms with Crippen LogP contribution in [-0.2, 0) is 13.5 Å². The fraction of sp³-hybridized carbons (Fsp3) is 0.333. The molecular formula is C9H14O2S. The van der Waals surface area contributed by atoms with Crippen LogP contribution in [0.5, 0.6) is 0 Å². The average Bonchev–Trinajstić information content (AvgIpc) is 2.06. The number of rotatable bonds is 2. The van der Waals surface area contributed by atoms with Gasteiger partial charge in [0.05, 0.1) is 12.0 Å². The van der Waals surface area contributed by atoms with Crippen LogP contribution < -0.4 is 0 Å². The van der Waals surface area contributed by atoms with E-state index in [4.69, 9.17) is 4.18 Å². The molecule has 0 amide bonds. The maximum atomic E-state index is 12.1. The van der Waals surface area contributed by atoms with Crippen molar-refractivity contribution in [3.63, 3.8) is 0 Å². The van der Waals surface area contributed by atoms with Gasteiger partial charge in [0.1, 0.15) is 0 Å². The fourth-order valence-corrected chi connectivity index (χ4v) is 2.02. The molecule has 0 saturated heterocycles. The summed E-state index contributed by atoms with van der Waals surface area (Å²) in [5.74, 6) is 0. The highest BCUT2D eigenvalue weighted by atomic mass is 32.3. The molecule has 0 N–H and O–H groups in total. The van der Waals surface area contributed by atoms with Gasteiger partial charge < -0.3 is 0 Å². The molecule has 0 heterocycles. The van der Waals surface area contributed by atoms with Gasteiger partial charge in [-0.1, -0.05) is 18.2 Å². The molecule has 0 saturated carbocycles. The third-order valence-electron chi connectivity index (χ3n) is 1.89. The molecule has 2 nitrogen and oxygen atoms in total. The van der Waals surface area contributed by atoms with Gasteiger partial charge in [-0.25, -0.2) is 4.21 Å². The Labute approximate surface area is 73.2 Å². The smallest absolute Gasteiger partial charge is 0.0602 e. The third-order valence-corrected chi connectivity index (χ3v) is 4.46. The van der Waals surface area contributed by atoms with Gasteiger partial charge in [-0.05, 0) is 12.1 Å². The predicted octanol–water partition coefficient (Wildman–Crippen LogP) is 1.69. The molecule has 0 aliphatic rings. The van der Waals surface area contributed by atoms with Gasteiger partial charge in [0.2, 0.25) is 0 Å². The summed E-state index contributed by atoms with van der Waals surface area (Å²) in [6.07, 6.45) is 3.26. The lowest BCUT2D eigenvalue weighted by molar-refractivity contribution is 0.417. The van der Waals surface area contributed by atoms with Crippen molar-refractivity contribution < 1.29 is 8.39 Å². The fourth-order valence-electron chi connectivity index (χ4n) is 0.900. The van der Waals surface area contributed by atoms with Crippen LogP contribution in [0.3, 0.4) is 0 Å². The SMILES string of the molecule is COS(C)(C)(=O)c1ccccc1. The van der Waals surface area contributed by atoms with Crippen LogP contribution in [-0.4, -0.2) is 23.8 Å². The first-order chi connectivity index (χ1) is 5.44. The maximum absolute atomic E-state index is 12.1. The Morgan fingerprint density at radius 2 is 1.67 bits per heavy atom.